The van der Waals surface area contributed by atoms with Crippen molar-refractivity contribution in [2.45, 2.75) is 19.4 Å². The van der Waals surface area contributed by atoms with Gasteiger partial charge in [0.25, 0.3) is 0 Å². The molecule has 0 saturated heterocycles. The van der Waals surface area contributed by atoms with Crippen molar-refractivity contribution < 1.29 is 4.52 Å². The monoisotopic (exact) mass is 240 g/mol. The van der Waals surface area contributed by atoms with Gasteiger partial charge in [-0.2, -0.15) is 4.98 Å². The Hall–Kier alpha value is -1.46. The quantitative estimate of drug-likeness (QED) is 0.887. The first-order valence-electron chi connectivity index (χ1n) is 4.81. The van der Waals surface area contributed by atoms with E-state index in [4.69, 9.17) is 10.3 Å². The summed E-state index contributed by atoms with van der Waals surface area (Å²) in [6.45, 7) is 1.97. The molecule has 0 amide bonds. The van der Waals surface area contributed by atoms with Gasteiger partial charge in [-0.25, -0.2) is 0 Å². The summed E-state index contributed by atoms with van der Waals surface area (Å²) >= 11 is 0. The van der Waals surface area contributed by atoms with E-state index in [9.17, 15) is 0 Å². The van der Waals surface area contributed by atoms with Crippen LogP contribution in [0.3, 0.4) is 0 Å². The van der Waals surface area contributed by atoms with E-state index in [2.05, 4.69) is 15.1 Å². The predicted octanol–water partition coefficient (Wildman–Crippen LogP) is 1.96. The second-order valence-electron chi connectivity index (χ2n) is 3.21. The molecule has 0 aliphatic carbocycles. The summed E-state index contributed by atoms with van der Waals surface area (Å²) in [5.74, 6) is 0.998. The molecule has 0 spiro atoms. The van der Waals surface area contributed by atoms with Gasteiger partial charge in [-0.3, -0.25) is 4.98 Å². The van der Waals surface area contributed by atoms with Crippen molar-refractivity contribution in [3.8, 4) is 11.4 Å². The summed E-state index contributed by atoms with van der Waals surface area (Å²) in [5, 5.41) is 3.85. The minimum Gasteiger partial charge on any atom is -0.337 e. The highest BCUT2D eigenvalue weighted by molar-refractivity contribution is 5.85. The molecule has 16 heavy (non-hydrogen) atoms. The first-order chi connectivity index (χ1) is 7.31. The third-order valence-corrected chi connectivity index (χ3v) is 2.12. The number of hydrogen-bond acceptors (Lipinski definition) is 5. The minimum absolute atomic E-state index is 0. The molecule has 2 N–H and O–H groups in total. The molecular weight excluding hydrogens is 228 g/mol. The average molecular weight is 241 g/mol. The molecule has 2 rings (SSSR count). The van der Waals surface area contributed by atoms with Crippen molar-refractivity contribution in [3.63, 3.8) is 0 Å². The average Bonchev–Trinajstić information content (AvgIpc) is 2.78. The molecule has 0 radical (unpaired) electrons. The van der Waals surface area contributed by atoms with Crippen LogP contribution < -0.4 is 5.73 Å². The molecule has 0 aliphatic heterocycles. The molecule has 0 fully saturated rings. The van der Waals surface area contributed by atoms with E-state index in [1.807, 2.05) is 19.1 Å². The maximum absolute atomic E-state index is 5.77. The third kappa shape index (κ3) is 2.56. The molecule has 0 bridgehead atoms. The van der Waals surface area contributed by atoms with E-state index in [1.165, 1.54) is 0 Å². The topological polar surface area (TPSA) is 77.8 Å². The molecule has 0 aromatic carbocycles. The van der Waals surface area contributed by atoms with Gasteiger partial charge in [-0.15, -0.1) is 12.4 Å². The summed E-state index contributed by atoms with van der Waals surface area (Å²) in [5.41, 5.74) is 6.60. The van der Waals surface area contributed by atoms with Gasteiger partial charge in [0, 0.05) is 18.0 Å². The maximum Gasteiger partial charge on any atom is 0.243 e. The maximum atomic E-state index is 5.77. The van der Waals surface area contributed by atoms with E-state index in [0.717, 1.165) is 12.0 Å². The zero-order valence-electron chi connectivity index (χ0n) is 8.83. The molecule has 1 atom stereocenters. The van der Waals surface area contributed by atoms with Crippen molar-refractivity contribution in [2.24, 2.45) is 5.73 Å². The second kappa shape index (κ2) is 5.58. The van der Waals surface area contributed by atoms with Crippen LogP contribution in [0.2, 0.25) is 0 Å². The molecule has 2 heterocycles. The molecule has 0 saturated carbocycles. The Labute approximate surface area is 99.5 Å². The minimum atomic E-state index is -0.192. The Morgan fingerprint density at radius 1 is 1.50 bits per heavy atom. The van der Waals surface area contributed by atoms with Gasteiger partial charge in [0.2, 0.25) is 11.7 Å². The van der Waals surface area contributed by atoms with Crippen LogP contribution in [0.4, 0.5) is 0 Å². The number of nitrogens with zero attached hydrogens (tertiary/aromatic N) is 3. The van der Waals surface area contributed by atoms with Crippen LogP contribution >= 0.6 is 12.4 Å². The van der Waals surface area contributed by atoms with Crippen molar-refractivity contribution in [1.82, 2.24) is 15.1 Å². The van der Waals surface area contributed by atoms with Gasteiger partial charge < -0.3 is 10.3 Å². The number of nitrogens with two attached hydrogens (primary N) is 1. The molecular formula is C10H13ClN4O. The molecule has 6 heteroatoms. The lowest BCUT2D eigenvalue weighted by molar-refractivity contribution is 0.352. The van der Waals surface area contributed by atoms with Crippen LogP contribution in [0, 0.1) is 0 Å². The summed E-state index contributed by atoms with van der Waals surface area (Å²) in [6, 6.07) is 3.51. The van der Waals surface area contributed by atoms with Gasteiger partial charge >= 0.3 is 0 Å². The zero-order chi connectivity index (χ0) is 10.7. The van der Waals surface area contributed by atoms with E-state index >= 15 is 0 Å². The normalized spacial score (nSPS) is 11.9. The largest absolute Gasteiger partial charge is 0.337 e. The summed E-state index contributed by atoms with van der Waals surface area (Å²) < 4.78 is 5.06. The lowest BCUT2D eigenvalue weighted by Gasteiger charge is -1.98. The van der Waals surface area contributed by atoms with Crippen molar-refractivity contribution >= 4 is 12.4 Å². The van der Waals surface area contributed by atoms with E-state index in [0.29, 0.717) is 11.7 Å². The molecule has 2 aromatic rings. The van der Waals surface area contributed by atoms with Crippen LogP contribution in [-0.4, -0.2) is 15.1 Å². The number of rotatable bonds is 3. The third-order valence-electron chi connectivity index (χ3n) is 2.12. The predicted molar refractivity (Wildman–Crippen MR) is 62.0 cm³/mol. The number of aromatic nitrogens is 3. The first-order valence-corrected chi connectivity index (χ1v) is 4.81. The van der Waals surface area contributed by atoms with Crippen molar-refractivity contribution in [3.05, 3.63) is 30.4 Å². The second-order valence-corrected chi connectivity index (χ2v) is 3.21. The van der Waals surface area contributed by atoms with E-state index in [1.54, 1.807) is 12.4 Å². The lowest BCUT2D eigenvalue weighted by Crippen LogP contribution is -2.08. The van der Waals surface area contributed by atoms with Gasteiger partial charge in [0.05, 0.1) is 6.04 Å². The van der Waals surface area contributed by atoms with Crippen LogP contribution in [0.15, 0.2) is 29.0 Å². The Balaban J connectivity index is 0.00000128. The fraction of sp³-hybridized carbons (Fsp3) is 0.300. The molecule has 2 aromatic heterocycles. The SMILES string of the molecule is CC[C@H](N)c1nc(-c2cccnc2)no1.Cl. The lowest BCUT2D eigenvalue weighted by atomic mass is 10.2. The van der Waals surface area contributed by atoms with Gasteiger partial charge in [-0.05, 0) is 18.6 Å². The van der Waals surface area contributed by atoms with Crippen LogP contribution in [0.25, 0.3) is 11.4 Å². The Morgan fingerprint density at radius 2 is 2.31 bits per heavy atom. The van der Waals surface area contributed by atoms with E-state index < -0.39 is 0 Å². The Morgan fingerprint density at radius 3 is 2.94 bits per heavy atom. The molecule has 5 nitrogen and oxygen atoms in total. The van der Waals surface area contributed by atoms with Crippen LogP contribution in [0.1, 0.15) is 25.3 Å². The standard InChI is InChI=1S/C10H12N4O.ClH/c1-2-8(11)10-13-9(14-15-10)7-4-3-5-12-6-7;/h3-6,8H,2,11H2,1H3;1H/t8-;/m0./s1. The molecule has 0 aliphatic rings. The van der Waals surface area contributed by atoms with Gasteiger partial charge in [-0.1, -0.05) is 12.1 Å². The Kier molecular flexibility index (Phi) is 4.39. The Bertz CT molecular complexity index is 431. The van der Waals surface area contributed by atoms with Crippen molar-refractivity contribution in [2.75, 3.05) is 0 Å². The van der Waals surface area contributed by atoms with Crippen molar-refractivity contribution in [1.29, 1.82) is 0 Å². The van der Waals surface area contributed by atoms with Crippen LogP contribution in [-0.2, 0) is 0 Å². The fourth-order valence-corrected chi connectivity index (χ4v) is 1.17. The fourth-order valence-electron chi connectivity index (χ4n) is 1.17. The molecule has 0 unspecified atom stereocenters. The van der Waals surface area contributed by atoms with E-state index in [-0.39, 0.29) is 18.4 Å². The highest BCUT2D eigenvalue weighted by Crippen LogP contribution is 2.17. The molecule has 86 valence electrons. The summed E-state index contributed by atoms with van der Waals surface area (Å²) in [6.07, 6.45) is 4.16. The zero-order valence-corrected chi connectivity index (χ0v) is 9.65. The summed E-state index contributed by atoms with van der Waals surface area (Å²) in [4.78, 5) is 8.19. The number of halogens is 1. The van der Waals surface area contributed by atoms with Gasteiger partial charge in [0.1, 0.15) is 0 Å². The highest BCUT2D eigenvalue weighted by atomic mass is 35.5. The summed E-state index contributed by atoms with van der Waals surface area (Å²) in [7, 11) is 0. The first kappa shape index (κ1) is 12.6. The number of hydrogen-bond donors (Lipinski definition) is 1. The smallest absolute Gasteiger partial charge is 0.243 e. The van der Waals surface area contributed by atoms with Gasteiger partial charge in [0.15, 0.2) is 0 Å². The highest BCUT2D eigenvalue weighted by Gasteiger charge is 2.13. The van der Waals surface area contributed by atoms with Crippen LogP contribution in [0.5, 0.6) is 0 Å². The number of pyridine rings is 1.